The molecule has 0 aromatic heterocycles. The molecule has 2 aliphatic rings. The van der Waals surface area contributed by atoms with Gasteiger partial charge in [-0.05, 0) is 55.0 Å². The number of hydrogen-bond acceptors (Lipinski definition) is 6. The standard InChI is InChI=1S/C25H28O6/c1-3-4-5-19(26)15-30-23-20(17-8-9-21-18(12-17)14-31-25(21)27)10-11-22(28-2)24(23)29-13-16-6-7-16/h8-12,16H,3-7,13-15H2,1-2H3. The molecule has 0 bridgehead atoms. The van der Waals surface area contributed by atoms with E-state index in [2.05, 4.69) is 6.92 Å². The van der Waals surface area contributed by atoms with Crippen LogP contribution in [0.3, 0.4) is 0 Å². The van der Waals surface area contributed by atoms with Gasteiger partial charge < -0.3 is 18.9 Å². The van der Waals surface area contributed by atoms with Gasteiger partial charge in [0.05, 0.1) is 19.3 Å². The van der Waals surface area contributed by atoms with Crippen LogP contribution in [0.25, 0.3) is 11.1 Å². The van der Waals surface area contributed by atoms with Crippen LogP contribution in [-0.2, 0) is 16.1 Å². The SMILES string of the molecule is CCCCC(=O)COc1c(-c2ccc3c(c2)COC3=O)ccc(OC)c1OCC1CC1. The summed E-state index contributed by atoms with van der Waals surface area (Å²) in [4.78, 5) is 24.1. The summed E-state index contributed by atoms with van der Waals surface area (Å²) in [5, 5.41) is 0. The van der Waals surface area contributed by atoms with E-state index in [1.165, 1.54) is 0 Å². The maximum Gasteiger partial charge on any atom is 0.338 e. The molecule has 1 saturated carbocycles. The molecule has 1 aliphatic heterocycles. The van der Waals surface area contributed by atoms with Crippen LogP contribution in [0, 0.1) is 5.92 Å². The number of cyclic esters (lactones) is 1. The van der Waals surface area contributed by atoms with E-state index in [4.69, 9.17) is 18.9 Å². The summed E-state index contributed by atoms with van der Waals surface area (Å²) < 4.78 is 22.9. The van der Waals surface area contributed by atoms with Crippen molar-refractivity contribution in [1.29, 1.82) is 0 Å². The zero-order chi connectivity index (χ0) is 21.8. The molecule has 1 fully saturated rings. The number of hydrogen-bond donors (Lipinski definition) is 0. The van der Waals surface area contributed by atoms with E-state index < -0.39 is 0 Å². The number of Topliss-reactive ketones (excluding diaryl/α,β-unsaturated/α-hetero) is 1. The van der Waals surface area contributed by atoms with E-state index in [0.29, 0.717) is 41.8 Å². The van der Waals surface area contributed by atoms with Gasteiger partial charge in [0.25, 0.3) is 0 Å². The van der Waals surface area contributed by atoms with Gasteiger partial charge in [-0.15, -0.1) is 0 Å². The Kier molecular flexibility index (Phi) is 6.44. The van der Waals surface area contributed by atoms with Gasteiger partial charge in [0.1, 0.15) is 13.2 Å². The third-order valence-electron chi connectivity index (χ3n) is 5.64. The van der Waals surface area contributed by atoms with Crippen molar-refractivity contribution in [3.63, 3.8) is 0 Å². The van der Waals surface area contributed by atoms with Crippen molar-refractivity contribution in [2.45, 2.75) is 45.6 Å². The van der Waals surface area contributed by atoms with Crippen LogP contribution < -0.4 is 14.2 Å². The zero-order valence-electron chi connectivity index (χ0n) is 18.1. The number of carbonyl (C=O) groups excluding carboxylic acids is 2. The normalized spacial score (nSPS) is 14.7. The molecule has 0 N–H and O–H groups in total. The fraction of sp³-hybridized carbons (Fsp3) is 0.440. The number of unbranched alkanes of at least 4 members (excludes halogenated alkanes) is 1. The summed E-state index contributed by atoms with van der Waals surface area (Å²) in [5.41, 5.74) is 3.08. The molecule has 1 aliphatic carbocycles. The van der Waals surface area contributed by atoms with Crippen LogP contribution in [0.15, 0.2) is 30.3 Å². The Morgan fingerprint density at radius 1 is 1.10 bits per heavy atom. The van der Waals surface area contributed by atoms with Crippen molar-refractivity contribution < 1.29 is 28.5 Å². The Labute approximate surface area is 182 Å². The quantitative estimate of drug-likeness (QED) is 0.475. The summed E-state index contributed by atoms with van der Waals surface area (Å²) in [6, 6.07) is 9.31. The minimum absolute atomic E-state index is 0.0213. The summed E-state index contributed by atoms with van der Waals surface area (Å²) in [6.45, 7) is 2.88. The van der Waals surface area contributed by atoms with Crippen LogP contribution in [0.2, 0.25) is 0 Å². The Balaban J connectivity index is 1.69. The highest BCUT2D eigenvalue weighted by Crippen LogP contribution is 2.46. The second-order valence-electron chi connectivity index (χ2n) is 8.11. The highest BCUT2D eigenvalue weighted by atomic mass is 16.5. The number of benzene rings is 2. The lowest BCUT2D eigenvalue weighted by Gasteiger charge is -2.19. The van der Waals surface area contributed by atoms with E-state index in [-0.39, 0.29) is 25.0 Å². The molecule has 0 saturated heterocycles. The number of ether oxygens (including phenoxy) is 4. The highest BCUT2D eigenvalue weighted by molar-refractivity contribution is 5.94. The molecule has 2 aromatic rings. The lowest BCUT2D eigenvalue weighted by molar-refractivity contribution is -0.121. The first kappa shape index (κ1) is 21.2. The highest BCUT2D eigenvalue weighted by Gasteiger charge is 2.27. The van der Waals surface area contributed by atoms with Crippen LogP contribution in [0.1, 0.15) is 54.9 Å². The second kappa shape index (κ2) is 9.41. The maximum absolute atomic E-state index is 12.3. The maximum atomic E-state index is 12.3. The molecule has 164 valence electrons. The van der Waals surface area contributed by atoms with E-state index in [1.807, 2.05) is 24.3 Å². The Bertz CT molecular complexity index is 976. The van der Waals surface area contributed by atoms with Crippen molar-refractivity contribution in [3.8, 4) is 28.4 Å². The lowest BCUT2D eigenvalue weighted by Crippen LogP contribution is -2.13. The summed E-state index contributed by atoms with van der Waals surface area (Å²) in [5.74, 6) is 1.88. The summed E-state index contributed by atoms with van der Waals surface area (Å²) >= 11 is 0. The van der Waals surface area contributed by atoms with Crippen molar-refractivity contribution in [3.05, 3.63) is 41.5 Å². The van der Waals surface area contributed by atoms with Gasteiger partial charge in [0.15, 0.2) is 17.3 Å². The van der Waals surface area contributed by atoms with E-state index >= 15 is 0 Å². The molecule has 6 nitrogen and oxygen atoms in total. The number of methoxy groups -OCH3 is 1. The zero-order valence-corrected chi connectivity index (χ0v) is 18.1. The minimum Gasteiger partial charge on any atom is -0.493 e. The molecule has 0 spiro atoms. The number of ketones is 1. The predicted octanol–water partition coefficient (Wildman–Crippen LogP) is 4.96. The molecule has 0 amide bonds. The van der Waals surface area contributed by atoms with Crippen molar-refractivity contribution in [1.82, 2.24) is 0 Å². The number of carbonyl (C=O) groups is 2. The Morgan fingerprint density at radius 3 is 2.65 bits per heavy atom. The van der Waals surface area contributed by atoms with E-state index in [0.717, 1.165) is 42.4 Å². The second-order valence-corrected chi connectivity index (χ2v) is 8.11. The van der Waals surface area contributed by atoms with Crippen molar-refractivity contribution in [2.24, 2.45) is 5.92 Å². The Morgan fingerprint density at radius 2 is 1.90 bits per heavy atom. The molecule has 1 heterocycles. The average molecular weight is 424 g/mol. The van der Waals surface area contributed by atoms with Gasteiger partial charge in [-0.25, -0.2) is 4.79 Å². The fourth-order valence-corrected chi connectivity index (χ4v) is 3.60. The molecular formula is C25H28O6. The van der Waals surface area contributed by atoms with Gasteiger partial charge in [-0.3, -0.25) is 4.79 Å². The van der Waals surface area contributed by atoms with E-state index in [9.17, 15) is 9.59 Å². The third-order valence-corrected chi connectivity index (χ3v) is 5.64. The molecule has 0 radical (unpaired) electrons. The first-order valence-corrected chi connectivity index (χ1v) is 10.9. The molecule has 0 atom stereocenters. The summed E-state index contributed by atoms with van der Waals surface area (Å²) in [7, 11) is 1.59. The molecular weight excluding hydrogens is 396 g/mol. The lowest BCUT2D eigenvalue weighted by atomic mass is 9.99. The van der Waals surface area contributed by atoms with Gasteiger partial charge in [-0.2, -0.15) is 0 Å². The largest absolute Gasteiger partial charge is 0.493 e. The number of fused-ring (bicyclic) bond motifs is 1. The first-order valence-electron chi connectivity index (χ1n) is 10.9. The van der Waals surface area contributed by atoms with Gasteiger partial charge in [0, 0.05) is 17.5 Å². The fourth-order valence-electron chi connectivity index (χ4n) is 3.60. The van der Waals surface area contributed by atoms with Gasteiger partial charge in [-0.1, -0.05) is 19.4 Å². The smallest absolute Gasteiger partial charge is 0.338 e. The van der Waals surface area contributed by atoms with Crippen molar-refractivity contribution >= 4 is 11.8 Å². The van der Waals surface area contributed by atoms with Crippen LogP contribution >= 0.6 is 0 Å². The third kappa shape index (κ3) is 4.84. The monoisotopic (exact) mass is 424 g/mol. The van der Waals surface area contributed by atoms with Crippen molar-refractivity contribution in [2.75, 3.05) is 20.3 Å². The van der Waals surface area contributed by atoms with Gasteiger partial charge >= 0.3 is 5.97 Å². The molecule has 2 aromatic carbocycles. The topological polar surface area (TPSA) is 71.1 Å². The Hall–Kier alpha value is -3.02. The average Bonchev–Trinajstić information content (AvgIpc) is 3.55. The van der Waals surface area contributed by atoms with Crippen LogP contribution in [-0.4, -0.2) is 32.1 Å². The molecule has 0 unspecified atom stereocenters. The minimum atomic E-state index is -0.303. The number of rotatable bonds is 11. The van der Waals surface area contributed by atoms with Crippen LogP contribution in [0.4, 0.5) is 0 Å². The van der Waals surface area contributed by atoms with E-state index in [1.54, 1.807) is 13.2 Å². The molecule has 6 heteroatoms. The number of esters is 1. The predicted molar refractivity (Wildman–Crippen MR) is 116 cm³/mol. The first-order chi connectivity index (χ1) is 15.1. The van der Waals surface area contributed by atoms with Gasteiger partial charge in [0.2, 0.25) is 5.75 Å². The molecule has 4 rings (SSSR count). The summed E-state index contributed by atoms with van der Waals surface area (Å²) in [6.07, 6.45) is 4.62. The van der Waals surface area contributed by atoms with Crippen LogP contribution in [0.5, 0.6) is 17.2 Å². The molecule has 31 heavy (non-hydrogen) atoms.